The molecule has 46 heavy (non-hydrogen) atoms. The van der Waals surface area contributed by atoms with Crippen LogP contribution >= 0.6 is 11.6 Å². The number of nitro benzene ring substituents is 1. The van der Waals surface area contributed by atoms with Gasteiger partial charge in [0.1, 0.15) is 24.1 Å². The molecule has 0 aliphatic heterocycles. The molecule has 4 rings (SSSR count). The number of nitrogens with zero attached hydrogens (tertiary/aromatic N) is 3. The summed E-state index contributed by atoms with van der Waals surface area (Å²) >= 11 is 6.28. The summed E-state index contributed by atoms with van der Waals surface area (Å²) in [4.78, 5) is 39.6. The lowest BCUT2D eigenvalue weighted by Crippen LogP contribution is -2.52. The maximum Gasteiger partial charge on any atom is 0.273 e. The monoisotopic (exact) mass is 672 g/mol. The number of aryl methyl sites for hydroxylation is 1. The summed E-state index contributed by atoms with van der Waals surface area (Å²) in [6, 6.07) is 13.8. The number of carbonyl (C=O) groups is 2. The van der Waals surface area contributed by atoms with Crippen LogP contribution in [0.2, 0.25) is 5.02 Å². The van der Waals surface area contributed by atoms with Crippen LogP contribution in [0, 0.1) is 17.0 Å². The summed E-state index contributed by atoms with van der Waals surface area (Å²) in [5, 5.41) is 14.9. The van der Waals surface area contributed by atoms with Gasteiger partial charge in [-0.25, -0.2) is 8.42 Å². The van der Waals surface area contributed by atoms with E-state index in [4.69, 9.17) is 21.1 Å². The molecule has 1 fully saturated rings. The van der Waals surface area contributed by atoms with Crippen molar-refractivity contribution >= 4 is 44.8 Å². The third-order valence-corrected chi connectivity index (χ3v) is 10.0. The second kappa shape index (κ2) is 14.8. The first-order valence-corrected chi connectivity index (χ1v) is 16.5. The van der Waals surface area contributed by atoms with Gasteiger partial charge in [0, 0.05) is 29.2 Å². The van der Waals surface area contributed by atoms with Crippen molar-refractivity contribution in [3.8, 4) is 11.5 Å². The number of nitro groups is 1. The van der Waals surface area contributed by atoms with Crippen LogP contribution in [0.4, 0.5) is 11.4 Å². The number of sulfonamides is 1. The maximum atomic E-state index is 14.3. The summed E-state index contributed by atoms with van der Waals surface area (Å²) in [6.45, 7) is 2.27. The lowest BCUT2D eigenvalue weighted by atomic mass is 10.1. The van der Waals surface area contributed by atoms with E-state index in [1.165, 1.54) is 56.4 Å². The van der Waals surface area contributed by atoms with E-state index < -0.39 is 44.0 Å². The highest BCUT2D eigenvalue weighted by molar-refractivity contribution is 7.92. The number of amides is 2. The first-order chi connectivity index (χ1) is 21.8. The highest BCUT2D eigenvalue weighted by Gasteiger charge is 2.35. The summed E-state index contributed by atoms with van der Waals surface area (Å²) < 4.78 is 40.1. The van der Waals surface area contributed by atoms with Crippen LogP contribution in [0.25, 0.3) is 0 Å². The van der Waals surface area contributed by atoms with Gasteiger partial charge >= 0.3 is 0 Å². The van der Waals surface area contributed by atoms with Gasteiger partial charge in [-0.2, -0.15) is 0 Å². The molecule has 0 spiro atoms. The Morgan fingerprint density at radius 1 is 1.07 bits per heavy atom. The fourth-order valence-corrected chi connectivity index (χ4v) is 6.99. The van der Waals surface area contributed by atoms with Crippen molar-refractivity contribution in [2.45, 2.75) is 63.1 Å². The van der Waals surface area contributed by atoms with Crippen LogP contribution in [0.5, 0.6) is 11.5 Å². The predicted octanol–water partition coefficient (Wildman–Crippen LogP) is 5.25. The molecule has 14 heteroatoms. The highest BCUT2D eigenvalue weighted by atomic mass is 35.5. The third kappa shape index (κ3) is 7.88. The Morgan fingerprint density at radius 2 is 1.78 bits per heavy atom. The summed E-state index contributed by atoms with van der Waals surface area (Å²) in [6.07, 6.45) is 3.67. The fourth-order valence-electron chi connectivity index (χ4n) is 5.39. The predicted molar refractivity (Wildman–Crippen MR) is 174 cm³/mol. The first-order valence-electron chi connectivity index (χ1n) is 14.7. The molecule has 246 valence electrons. The average molecular weight is 673 g/mol. The van der Waals surface area contributed by atoms with E-state index in [9.17, 15) is 28.1 Å². The molecule has 0 aromatic heterocycles. The van der Waals surface area contributed by atoms with E-state index in [1.54, 1.807) is 31.2 Å². The van der Waals surface area contributed by atoms with Crippen molar-refractivity contribution in [2.24, 2.45) is 0 Å². The van der Waals surface area contributed by atoms with Gasteiger partial charge in [-0.1, -0.05) is 42.6 Å². The van der Waals surface area contributed by atoms with E-state index in [0.29, 0.717) is 11.3 Å². The molecular formula is C32H37ClN4O8S. The minimum Gasteiger partial charge on any atom is -0.497 e. The number of anilines is 1. The number of ether oxygens (including phenoxy) is 2. The van der Waals surface area contributed by atoms with Crippen molar-refractivity contribution in [1.29, 1.82) is 0 Å². The number of carbonyl (C=O) groups excluding carboxylic acids is 2. The van der Waals surface area contributed by atoms with Crippen LogP contribution in [0.15, 0.2) is 65.6 Å². The molecule has 2 amide bonds. The standard InChI is InChI=1S/C32H37ClN4O8S/c1-21-12-14-27(18-28(21)37(40)41)46(42,43)36(29-17-24(33)13-15-30(29)45-4)20-31(38)35(19-23-8-7-11-26(16-23)44-3)22(2)32(39)34-25-9-5-6-10-25/h7-8,11-18,22,25H,5-6,9-10,19-20H2,1-4H3,(H,34,39)/t22-/m0/s1. The summed E-state index contributed by atoms with van der Waals surface area (Å²) in [5.41, 5.74) is 0.453. The van der Waals surface area contributed by atoms with Crippen molar-refractivity contribution in [3.05, 3.63) is 86.9 Å². The van der Waals surface area contributed by atoms with Crippen LogP contribution in [0.1, 0.15) is 43.7 Å². The van der Waals surface area contributed by atoms with Gasteiger partial charge in [-0.15, -0.1) is 0 Å². The van der Waals surface area contributed by atoms with Crippen molar-refractivity contribution in [3.63, 3.8) is 0 Å². The summed E-state index contributed by atoms with van der Waals surface area (Å²) in [7, 11) is -1.79. The lowest BCUT2D eigenvalue weighted by Gasteiger charge is -2.33. The average Bonchev–Trinajstić information content (AvgIpc) is 3.55. The zero-order valence-electron chi connectivity index (χ0n) is 26.1. The molecular weight excluding hydrogens is 636 g/mol. The van der Waals surface area contributed by atoms with E-state index in [-0.39, 0.29) is 40.5 Å². The van der Waals surface area contributed by atoms with E-state index in [0.717, 1.165) is 36.1 Å². The lowest BCUT2D eigenvalue weighted by molar-refractivity contribution is -0.385. The Morgan fingerprint density at radius 3 is 2.43 bits per heavy atom. The second-order valence-electron chi connectivity index (χ2n) is 11.1. The topological polar surface area (TPSA) is 148 Å². The van der Waals surface area contributed by atoms with Crippen LogP contribution in [-0.2, 0) is 26.2 Å². The normalized spacial score (nSPS) is 13.9. The van der Waals surface area contributed by atoms with Gasteiger partial charge in [0.2, 0.25) is 11.8 Å². The van der Waals surface area contributed by atoms with Crippen LogP contribution in [-0.4, -0.2) is 62.9 Å². The molecule has 1 aliphatic carbocycles. The highest BCUT2D eigenvalue weighted by Crippen LogP contribution is 2.36. The van der Waals surface area contributed by atoms with Gasteiger partial charge in [-0.3, -0.25) is 24.0 Å². The number of methoxy groups -OCH3 is 2. The largest absolute Gasteiger partial charge is 0.497 e. The molecule has 3 aromatic rings. The zero-order chi connectivity index (χ0) is 33.6. The number of rotatable bonds is 13. The zero-order valence-corrected chi connectivity index (χ0v) is 27.6. The number of hydrogen-bond donors (Lipinski definition) is 1. The molecule has 3 aromatic carbocycles. The number of benzene rings is 3. The molecule has 1 aliphatic rings. The van der Waals surface area contributed by atoms with Crippen LogP contribution < -0.4 is 19.1 Å². The number of nitrogens with one attached hydrogen (secondary N) is 1. The van der Waals surface area contributed by atoms with E-state index >= 15 is 0 Å². The number of hydrogen-bond acceptors (Lipinski definition) is 8. The summed E-state index contributed by atoms with van der Waals surface area (Å²) in [5.74, 6) is -0.438. The van der Waals surface area contributed by atoms with Crippen molar-refractivity contribution < 1.29 is 32.4 Å². The fraction of sp³-hybridized carbons (Fsp3) is 0.375. The molecule has 12 nitrogen and oxygen atoms in total. The SMILES string of the molecule is COc1cccc(CN(C(=O)CN(c2cc(Cl)ccc2OC)S(=O)(=O)c2ccc(C)c([N+](=O)[O-])c2)[C@@H](C)C(=O)NC2CCCC2)c1. The van der Waals surface area contributed by atoms with Gasteiger partial charge < -0.3 is 19.7 Å². The molecule has 0 unspecified atom stereocenters. The van der Waals surface area contributed by atoms with Gasteiger partial charge in [0.15, 0.2) is 0 Å². The van der Waals surface area contributed by atoms with E-state index in [1.807, 2.05) is 0 Å². The maximum absolute atomic E-state index is 14.3. The minimum absolute atomic E-state index is 0.00588. The van der Waals surface area contributed by atoms with E-state index in [2.05, 4.69) is 5.32 Å². The smallest absolute Gasteiger partial charge is 0.273 e. The molecule has 1 saturated carbocycles. The first kappa shape index (κ1) is 34.5. The quantitative estimate of drug-likeness (QED) is 0.191. The third-order valence-electron chi connectivity index (χ3n) is 8.01. The van der Waals surface area contributed by atoms with Crippen LogP contribution in [0.3, 0.4) is 0 Å². The molecule has 0 heterocycles. The van der Waals surface area contributed by atoms with Gasteiger partial charge in [0.05, 0.1) is 29.7 Å². The molecule has 0 saturated heterocycles. The Labute approximate surface area is 273 Å². The van der Waals surface area contributed by atoms with Gasteiger partial charge in [-0.05, 0) is 68.7 Å². The van der Waals surface area contributed by atoms with Crippen molar-refractivity contribution in [1.82, 2.24) is 10.2 Å². The second-order valence-corrected chi connectivity index (χ2v) is 13.4. The Hall–Kier alpha value is -4.36. The molecule has 0 radical (unpaired) electrons. The molecule has 1 N–H and O–H groups in total. The van der Waals surface area contributed by atoms with Gasteiger partial charge in [0.25, 0.3) is 15.7 Å². The number of halogens is 1. The molecule has 1 atom stereocenters. The minimum atomic E-state index is -4.63. The Kier molecular flexibility index (Phi) is 11.1. The Bertz CT molecular complexity index is 1710. The molecule has 0 bridgehead atoms. The van der Waals surface area contributed by atoms with Crippen molar-refractivity contribution in [2.75, 3.05) is 25.1 Å². The Balaban J connectivity index is 1.79.